The maximum absolute atomic E-state index is 13.6. The van der Waals surface area contributed by atoms with E-state index in [0.717, 1.165) is 11.1 Å². The summed E-state index contributed by atoms with van der Waals surface area (Å²) in [6, 6.07) is 21.5. The SMILES string of the molecule is COc1cc(N)c(NC(=O)[C@@H](CC(C)C)N(Cc2ccccc2)C(=O)OCc2ccccc2)cc1Br. The smallest absolute Gasteiger partial charge is 0.411 e. The van der Waals surface area contributed by atoms with Crippen LogP contribution in [0.1, 0.15) is 31.4 Å². The standard InChI is InChI=1S/C28H32BrN3O4/c1-19(2)14-25(27(33)31-24-15-22(29)26(35-3)16-23(24)30)32(17-20-10-6-4-7-11-20)28(34)36-18-21-12-8-5-9-13-21/h4-13,15-16,19,25H,14,17-18,30H2,1-3H3,(H,31,33)/t25-/m1/s1. The van der Waals surface area contributed by atoms with Crippen molar-refractivity contribution in [3.05, 3.63) is 88.4 Å². The summed E-state index contributed by atoms with van der Waals surface area (Å²) in [6.07, 6.45) is -0.122. The summed E-state index contributed by atoms with van der Waals surface area (Å²) in [7, 11) is 1.54. The van der Waals surface area contributed by atoms with Gasteiger partial charge in [-0.1, -0.05) is 74.5 Å². The summed E-state index contributed by atoms with van der Waals surface area (Å²) in [4.78, 5) is 28.5. The highest BCUT2D eigenvalue weighted by Gasteiger charge is 2.32. The average Bonchev–Trinajstić information content (AvgIpc) is 2.87. The molecule has 0 heterocycles. The van der Waals surface area contributed by atoms with Crippen LogP contribution in [0.4, 0.5) is 16.2 Å². The number of methoxy groups -OCH3 is 1. The lowest BCUT2D eigenvalue weighted by atomic mass is 10.0. The number of nitrogen functional groups attached to an aromatic ring is 1. The van der Waals surface area contributed by atoms with E-state index in [4.69, 9.17) is 15.2 Å². The minimum Gasteiger partial charge on any atom is -0.495 e. The Morgan fingerprint density at radius 3 is 2.19 bits per heavy atom. The average molecular weight is 554 g/mol. The van der Waals surface area contributed by atoms with Gasteiger partial charge in [0.2, 0.25) is 5.91 Å². The molecule has 0 unspecified atom stereocenters. The van der Waals surface area contributed by atoms with Gasteiger partial charge in [-0.2, -0.15) is 0 Å². The molecule has 0 spiro atoms. The van der Waals surface area contributed by atoms with E-state index in [1.54, 1.807) is 19.2 Å². The predicted octanol–water partition coefficient (Wildman–Crippen LogP) is 6.23. The van der Waals surface area contributed by atoms with Crippen molar-refractivity contribution in [3.8, 4) is 5.75 Å². The van der Waals surface area contributed by atoms with Crippen LogP contribution < -0.4 is 15.8 Å². The van der Waals surface area contributed by atoms with Crippen molar-refractivity contribution in [2.75, 3.05) is 18.2 Å². The number of carbonyl (C=O) groups is 2. The Hall–Kier alpha value is -3.52. The number of nitrogens with one attached hydrogen (secondary N) is 1. The Balaban J connectivity index is 1.89. The molecule has 8 heteroatoms. The molecule has 7 nitrogen and oxygen atoms in total. The molecule has 2 amide bonds. The van der Waals surface area contributed by atoms with Gasteiger partial charge in [-0.25, -0.2) is 4.79 Å². The highest BCUT2D eigenvalue weighted by Crippen LogP contribution is 2.33. The van der Waals surface area contributed by atoms with Crippen LogP contribution in [0.2, 0.25) is 0 Å². The summed E-state index contributed by atoms with van der Waals surface area (Å²) in [5.74, 6) is 0.348. The fourth-order valence-corrected chi connectivity index (χ4v) is 4.26. The third-order valence-corrected chi connectivity index (χ3v) is 6.21. The molecule has 0 fully saturated rings. The first-order chi connectivity index (χ1) is 17.3. The van der Waals surface area contributed by atoms with Crippen molar-refractivity contribution in [3.63, 3.8) is 0 Å². The van der Waals surface area contributed by atoms with Gasteiger partial charge < -0.3 is 20.5 Å². The molecule has 3 N–H and O–H groups in total. The Bertz CT molecular complexity index is 1160. The number of nitrogens with two attached hydrogens (primary N) is 1. The van der Waals surface area contributed by atoms with Gasteiger partial charge in [0.1, 0.15) is 18.4 Å². The lowest BCUT2D eigenvalue weighted by molar-refractivity contribution is -0.121. The van der Waals surface area contributed by atoms with Gasteiger partial charge in [-0.05, 0) is 45.5 Å². The molecule has 0 aliphatic carbocycles. The fraction of sp³-hybridized carbons (Fsp3) is 0.286. The van der Waals surface area contributed by atoms with Crippen molar-refractivity contribution in [2.45, 2.75) is 39.5 Å². The zero-order chi connectivity index (χ0) is 26.1. The number of amides is 2. The van der Waals surface area contributed by atoms with Gasteiger partial charge in [-0.3, -0.25) is 9.69 Å². The molecule has 3 aromatic rings. The molecule has 3 rings (SSSR count). The van der Waals surface area contributed by atoms with Crippen molar-refractivity contribution in [2.24, 2.45) is 5.92 Å². The van der Waals surface area contributed by atoms with Crippen molar-refractivity contribution in [1.82, 2.24) is 4.90 Å². The first-order valence-corrected chi connectivity index (χ1v) is 12.5. The van der Waals surface area contributed by atoms with Gasteiger partial charge in [0.05, 0.1) is 23.0 Å². The van der Waals surface area contributed by atoms with Gasteiger partial charge in [0, 0.05) is 12.6 Å². The number of benzene rings is 3. The molecule has 3 aromatic carbocycles. The van der Waals surface area contributed by atoms with E-state index < -0.39 is 12.1 Å². The maximum atomic E-state index is 13.6. The summed E-state index contributed by atoms with van der Waals surface area (Å²) in [5, 5.41) is 2.90. The van der Waals surface area contributed by atoms with Crippen LogP contribution in [0.5, 0.6) is 5.75 Å². The Labute approximate surface area is 220 Å². The van der Waals surface area contributed by atoms with E-state index in [0.29, 0.717) is 28.0 Å². The Kier molecular flexibility index (Phi) is 9.76. The molecule has 0 saturated heterocycles. The van der Waals surface area contributed by atoms with Crippen LogP contribution in [-0.4, -0.2) is 30.1 Å². The second kappa shape index (κ2) is 13.0. The van der Waals surface area contributed by atoms with Crippen LogP contribution in [0.3, 0.4) is 0 Å². The third kappa shape index (κ3) is 7.49. The molecule has 0 aliphatic heterocycles. The van der Waals surface area contributed by atoms with Crippen LogP contribution >= 0.6 is 15.9 Å². The molecule has 0 aromatic heterocycles. The molecular weight excluding hydrogens is 522 g/mol. The quantitative estimate of drug-likeness (QED) is 0.290. The summed E-state index contributed by atoms with van der Waals surface area (Å²) >= 11 is 3.43. The number of carbonyl (C=O) groups excluding carboxylic acids is 2. The zero-order valence-electron chi connectivity index (χ0n) is 20.7. The molecule has 0 aliphatic rings. The normalized spacial score (nSPS) is 11.6. The van der Waals surface area contributed by atoms with Gasteiger partial charge in [0.15, 0.2) is 0 Å². The van der Waals surface area contributed by atoms with E-state index in [1.165, 1.54) is 4.90 Å². The first-order valence-electron chi connectivity index (χ1n) is 11.7. The van der Waals surface area contributed by atoms with Crippen LogP contribution in [-0.2, 0) is 22.7 Å². The number of ether oxygens (including phenoxy) is 2. The second-order valence-corrected chi connectivity index (χ2v) is 9.72. The monoisotopic (exact) mass is 553 g/mol. The predicted molar refractivity (Wildman–Crippen MR) is 146 cm³/mol. The van der Waals surface area contributed by atoms with Crippen molar-refractivity contribution in [1.29, 1.82) is 0 Å². The van der Waals surface area contributed by atoms with Gasteiger partial charge in [0.25, 0.3) is 0 Å². The number of nitrogens with zero attached hydrogens (tertiary/aromatic N) is 1. The second-order valence-electron chi connectivity index (χ2n) is 8.86. The highest BCUT2D eigenvalue weighted by atomic mass is 79.9. The molecule has 0 bridgehead atoms. The minimum absolute atomic E-state index is 0.110. The van der Waals surface area contributed by atoms with E-state index in [1.807, 2.05) is 74.5 Å². The molecule has 36 heavy (non-hydrogen) atoms. The highest BCUT2D eigenvalue weighted by molar-refractivity contribution is 9.10. The van der Waals surface area contributed by atoms with Gasteiger partial charge >= 0.3 is 6.09 Å². The van der Waals surface area contributed by atoms with E-state index in [2.05, 4.69) is 21.2 Å². The zero-order valence-corrected chi connectivity index (χ0v) is 22.3. The Morgan fingerprint density at radius 2 is 1.61 bits per heavy atom. The molecular formula is C28H32BrN3O4. The number of hydrogen-bond acceptors (Lipinski definition) is 5. The Morgan fingerprint density at radius 1 is 1.00 bits per heavy atom. The summed E-state index contributed by atoms with van der Waals surface area (Å²) in [5.41, 5.74) is 8.71. The van der Waals surface area contributed by atoms with Gasteiger partial charge in [-0.15, -0.1) is 0 Å². The van der Waals surface area contributed by atoms with Crippen LogP contribution in [0.15, 0.2) is 77.3 Å². The van der Waals surface area contributed by atoms with E-state index >= 15 is 0 Å². The number of halogens is 1. The van der Waals surface area contributed by atoms with Crippen molar-refractivity contribution < 1.29 is 19.1 Å². The molecule has 190 valence electrons. The molecule has 0 saturated carbocycles. The number of hydrogen-bond donors (Lipinski definition) is 2. The number of anilines is 2. The molecule has 0 radical (unpaired) electrons. The lowest BCUT2D eigenvalue weighted by Crippen LogP contribution is -2.48. The first kappa shape index (κ1) is 27.1. The largest absolute Gasteiger partial charge is 0.495 e. The topological polar surface area (TPSA) is 93.9 Å². The van der Waals surface area contributed by atoms with E-state index in [-0.39, 0.29) is 25.0 Å². The van der Waals surface area contributed by atoms with E-state index in [9.17, 15) is 9.59 Å². The number of rotatable bonds is 10. The fourth-order valence-electron chi connectivity index (χ4n) is 3.76. The minimum atomic E-state index is -0.784. The summed E-state index contributed by atoms with van der Waals surface area (Å²) in [6.45, 7) is 4.35. The summed E-state index contributed by atoms with van der Waals surface area (Å²) < 4.78 is 11.6. The maximum Gasteiger partial charge on any atom is 0.411 e. The molecule has 1 atom stereocenters. The van der Waals surface area contributed by atoms with Crippen molar-refractivity contribution >= 4 is 39.3 Å². The lowest BCUT2D eigenvalue weighted by Gasteiger charge is -2.31. The van der Waals surface area contributed by atoms with Crippen LogP contribution in [0.25, 0.3) is 0 Å². The third-order valence-electron chi connectivity index (χ3n) is 5.59. The van der Waals surface area contributed by atoms with Crippen LogP contribution in [0, 0.1) is 5.92 Å².